The minimum Gasteiger partial charge on any atom is -0.480 e. The summed E-state index contributed by atoms with van der Waals surface area (Å²) >= 11 is 5.84. The molecule has 0 aromatic heterocycles. The molecule has 0 aliphatic carbocycles. The maximum absolute atomic E-state index is 12.0. The highest BCUT2D eigenvalue weighted by atomic mass is 35.5. The number of likely N-dealkylation sites (tertiary alicyclic amines) is 1. The van der Waals surface area contributed by atoms with Gasteiger partial charge >= 0.3 is 12.0 Å². The lowest BCUT2D eigenvalue weighted by Gasteiger charge is -2.21. The van der Waals surface area contributed by atoms with Crippen LogP contribution >= 0.6 is 11.6 Å². The number of carbonyl (C=O) groups is 2. The van der Waals surface area contributed by atoms with Gasteiger partial charge in [-0.3, -0.25) is 0 Å². The lowest BCUT2D eigenvalue weighted by Crippen LogP contribution is -2.45. The van der Waals surface area contributed by atoms with Gasteiger partial charge in [-0.25, -0.2) is 9.59 Å². The third-order valence-electron chi connectivity index (χ3n) is 3.16. The highest BCUT2D eigenvalue weighted by Gasteiger charge is 2.38. The van der Waals surface area contributed by atoms with E-state index in [0.717, 1.165) is 10.5 Å². The number of aliphatic carboxylic acids is 1. The number of hydrogen-bond acceptors (Lipinski definition) is 3. The van der Waals surface area contributed by atoms with Crippen molar-refractivity contribution in [3.05, 3.63) is 34.9 Å². The van der Waals surface area contributed by atoms with Crippen LogP contribution in [-0.4, -0.2) is 45.8 Å². The predicted molar refractivity (Wildman–Crippen MR) is 72.4 cm³/mol. The summed E-state index contributed by atoms with van der Waals surface area (Å²) in [6.07, 6.45) is -0.743. The molecule has 0 bridgehead atoms. The molecule has 1 saturated heterocycles. The van der Waals surface area contributed by atoms with E-state index in [4.69, 9.17) is 16.7 Å². The Hall–Kier alpha value is -1.79. The van der Waals surface area contributed by atoms with E-state index in [1.807, 2.05) is 0 Å². The smallest absolute Gasteiger partial charge is 0.326 e. The number of nitrogens with one attached hydrogen (secondary N) is 1. The van der Waals surface area contributed by atoms with Gasteiger partial charge in [0.15, 0.2) is 0 Å². The lowest BCUT2D eigenvalue weighted by atomic mass is 10.2. The summed E-state index contributed by atoms with van der Waals surface area (Å²) in [5, 5.41) is 21.7. The van der Waals surface area contributed by atoms with Gasteiger partial charge in [0.25, 0.3) is 0 Å². The molecule has 3 N–H and O–H groups in total. The number of benzene rings is 1. The zero-order valence-electron chi connectivity index (χ0n) is 10.6. The standard InChI is InChI=1S/C13H15ClN2O4/c14-9-3-1-2-8(4-9)6-15-13(20)16-7-10(17)5-11(16)12(18)19/h1-4,10-11,17H,5-7H2,(H,15,20)(H,18,19)/t10-,11-/m1/s1. The van der Waals surface area contributed by atoms with Gasteiger partial charge in [0.1, 0.15) is 6.04 Å². The van der Waals surface area contributed by atoms with Gasteiger partial charge in [0.2, 0.25) is 0 Å². The molecule has 1 fully saturated rings. The van der Waals surface area contributed by atoms with Crippen LogP contribution in [0.15, 0.2) is 24.3 Å². The number of β-amino-alcohol motifs (C(OH)–C–C–N with tert-alkyl or cyclic N) is 1. The molecule has 0 saturated carbocycles. The minimum absolute atomic E-state index is 0.0261. The van der Waals surface area contributed by atoms with Crippen molar-refractivity contribution in [2.75, 3.05) is 6.54 Å². The Kier molecular flexibility index (Phi) is 4.46. The second-order valence-corrected chi connectivity index (χ2v) is 5.12. The van der Waals surface area contributed by atoms with Crippen molar-refractivity contribution >= 4 is 23.6 Å². The molecule has 6 nitrogen and oxygen atoms in total. The van der Waals surface area contributed by atoms with Crippen LogP contribution in [-0.2, 0) is 11.3 Å². The van der Waals surface area contributed by atoms with Gasteiger partial charge in [-0.05, 0) is 17.7 Å². The van der Waals surface area contributed by atoms with Gasteiger partial charge in [-0.15, -0.1) is 0 Å². The second-order valence-electron chi connectivity index (χ2n) is 4.68. The minimum atomic E-state index is -1.11. The van der Waals surface area contributed by atoms with Crippen molar-refractivity contribution in [1.29, 1.82) is 0 Å². The molecule has 7 heteroatoms. The third-order valence-corrected chi connectivity index (χ3v) is 3.39. The van der Waals surface area contributed by atoms with Crippen molar-refractivity contribution in [2.24, 2.45) is 0 Å². The number of rotatable bonds is 3. The Morgan fingerprint density at radius 2 is 2.20 bits per heavy atom. The number of halogens is 1. The maximum Gasteiger partial charge on any atom is 0.326 e. The number of nitrogens with zero attached hydrogens (tertiary/aromatic N) is 1. The first kappa shape index (κ1) is 14.6. The summed E-state index contributed by atoms with van der Waals surface area (Å²) in [4.78, 5) is 24.1. The van der Waals surface area contributed by atoms with E-state index in [0.29, 0.717) is 5.02 Å². The first-order valence-corrected chi connectivity index (χ1v) is 6.55. The average molecular weight is 299 g/mol. The highest BCUT2D eigenvalue weighted by Crippen LogP contribution is 2.18. The Morgan fingerprint density at radius 3 is 2.85 bits per heavy atom. The van der Waals surface area contributed by atoms with Crippen LogP contribution in [0, 0.1) is 0 Å². The molecule has 1 heterocycles. The fourth-order valence-electron chi connectivity index (χ4n) is 2.20. The van der Waals surface area contributed by atoms with Crippen LogP contribution in [0.2, 0.25) is 5.02 Å². The number of amides is 2. The Labute approximate surface area is 121 Å². The van der Waals surface area contributed by atoms with E-state index in [1.54, 1.807) is 24.3 Å². The summed E-state index contributed by atoms with van der Waals surface area (Å²) in [5.74, 6) is -1.11. The number of aliphatic hydroxyl groups is 1. The molecule has 1 aromatic carbocycles. The zero-order chi connectivity index (χ0) is 14.7. The summed E-state index contributed by atoms with van der Waals surface area (Å²) in [5.41, 5.74) is 0.817. The van der Waals surface area contributed by atoms with Gasteiger partial charge in [-0.2, -0.15) is 0 Å². The quantitative estimate of drug-likeness (QED) is 0.778. The molecule has 0 unspecified atom stereocenters. The van der Waals surface area contributed by atoms with Crippen molar-refractivity contribution < 1.29 is 19.8 Å². The van der Waals surface area contributed by atoms with Gasteiger partial charge in [0, 0.05) is 24.5 Å². The summed E-state index contributed by atoms with van der Waals surface area (Å²) < 4.78 is 0. The predicted octanol–water partition coefficient (Wildman–Crippen LogP) is 1.07. The summed E-state index contributed by atoms with van der Waals surface area (Å²) in [7, 11) is 0. The van der Waals surface area contributed by atoms with Crippen LogP contribution < -0.4 is 5.32 Å². The molecule has 2 rings (SSSR count). The van der Waals surface area contributed by atoms with E-state index in [9.17, 15) is 14.7 Å². The highest BCUT2D eigenvalue weighted by molar-refractivity contribution is 6.30. The van der Waals surface area contributed by atoms with Crippen LogP contribution in [0.25, 0.3) is 0 Å². The summed E-state index contributed by atoms with van der Waals surface area (Å²) in [6, 6.07) is 5.53. The molecule has 2 amide bonds. The van der Waals surface area contributed by atoms with Crippen LogP contribution in [0.3, 0.4) is 0 Å². The van der Waals surface area contributed by atoms with E-state index in [1.165, 1.54) is 0 Å². The van der Waals surface area contributed by atoms with Gasteiger partial charge < -0.3 is 20.4 Å². The monoisotopic (exact) mass is 298 g/mol. The molecule has 2 atom stereocenters. The molecule has 0 spiro atoms. The first-order chi connectivity index (χ1) is 9.47. The zero-order valence-corrected chi connectivity index (χ0v) is 11.4. The van der Waals surface area contributed by atoms with E-state index >= 15 is 0 Å². The molecule has 0 radical (unpaired) electrons. The maximum atomic E-state index is 12.0. The number of carbonyl (C=O) groups excluding carboxylic acids is 1. The Bertz CT molecular complexity index is 523. The first-order valence-electron chi connectivity index (χ1n) is 6.17. The number of hydrogen-bond donors (Lipinski definition) is 3. The normalized spacial score (nSPS) is 21.8. The number of carboxylic acid groups (broad SMARTS) is 1. The fourth-order valence-corrected chi connectivity index (χ4v) is 2.41. The molecule has 20 heavy (non-hydrogen) atoms. The molecule has 1 aliphatic heterocycles. The Balaban J connectivity index is 1.96. The largest absolute Gasteiger partial charge is 0.480 e. The van der Waals surface area contributed by atoms with E-state index in [2.05, 4.69) is 5.32 Å². The van der Waals surface area contributed by atoms with Crippen molar-refractivity contribution in [3.63, 3.8) is 0 Å². The lowest BCUT2D eigenvalue weighted by molar-refractivity contribution is -0.141. The second kappa shape index (κ2) is 6.11. The average Bonchev–Trinajstić information content (AvgIpc) is 2.78. The fraction of sp³-hybridized carbons (Fsp3) is 0.385. The number of aliphatic hydroxyl groups excluding tert-OH is 1. The molecule has 1 aliphatic rings. The van der Waals surface area contributed by atoms with Gasteiger partial charge in [0.05, 0.1) is 6.10 Å². The van der Waals surface area contributed by atoms with Crippen molar-refractivity contribution in [1.82, 2.24) is 10.2 Å². The molecule has 1 aromatic rings. The number of urea groups is 1. The van der Waals surface area contributed by atoms with Crippen molar-refractivity contribution in [2.45, 2.75) is 25.1 Å². The topological polar surface area (TPSA) is 89.9 Å². The Morgan fingerprint density at radius 1 is 1.45 bits per heavy atom. The van der Waals surface area contributed by atoms with Crippen molar-refractivity contribution in [3.8, 4) is 0 Å². The van der Waals surface area contributed by atoms with Crippen LogP contribution in [0.1, 0.15) is 12.0 Å². The van der Waals surface area contributed by atoms with Gasteiger partial charge in [-0.1, -0.05) is 23.7 Å². The van der Waals surface area contributed by atoms with Crippen LogP contribution in [0.5, 0.6) is 0 Å². The molecule has 108 valence electrons. The SMILES string of the molecule is O=C(O)[C@H]1C[C@@H](O)CN1C(=O)NCc1cccc(Cl)c1. The van der Waals surface area contributed by atoms with Crippen LogP contribution in [0.4, 0.5) is 4.79 Å². The summed E-state index contributed by atoms with van der Waals surface area (Å²) in [6.45, 7) is 0.274. The van der Waals surface area contributed by atoms with E-state index < -0.39 is 24.1 Å². The van der Waals surface area contributed by atoms with E-state index in [-0.39, 0.29) is 19.5 Å². The molecular formula is C13H15ClN2O4. The number of carboxylic acids is 1. The molecular weight excluding hydrogens is 284 g/mol. The third kappa shape index (κ3) is 3.40.